The third kappa shape index (κ3) is 4.03. The molecule has 2 aromatic rings. The fourth-order valence-electron chi connectivity index (χ4n) is 1.57. The molecule has 0 fully saturated rings. The Labute approximate surface area is 112 Å². The van der Waals surface area contributed by atoms with Gasteiger partial charge in [0.25, 0.3) is 0 Å². The van der Waals surface area contributed by atoms with E-state index >= 15 is 0 Å². The normalized spacial score (nSPS) is 9.74. The number of ether oxygens (including phenoxy) is 1. The van der Waals surface area contributed by atoms with Crippen LogP contribution < -0.4 is 15.6 Å². The minimum absolute atomic E-state index is 0.518. The number of aryl methyl sites for hydroxylation is 1. The molecule has 0 aliphatic heterocycles. The van der Waals surface area contributed by atoms with Crippen molar-refractivity contribution in [2.75, 3.05) is 5.43 Å². The van der Waals surface area contributed by atoms with E-state index in [4.69, 9.17) is 4.74 Å². The van der Waals surface area contributed by atoms with Gasteiger partial charge in [0, 0.05) is 0 Å². The lowest BCUT2D eigenvalue weighted by Gasteiger charge is -2.09. The standard InChI is InChI=1S/C15H16N2O2/c1-2-12-8-10-14(11-9-12)19-15(18)17-16-13-6-4-3-5-7-13/h3-11,16H,2H2,1H3,(H,17,18). The Balaban J connectivity index is 1.83. The molecule has 0 aliphatic carbocycles. The molecule has 2 N–H and O–H groups in total. The first-order valence-electron chi connectivity index (χ1n) is 6.16. The summed E-state index contributed by atoms with van der Waals surface area (Å²) in [6.45, 7) is 2.08. The van der Waals surface area contributed by atoms with E-state index in [0.717, 1.165) is 12.1 Å². The summed E-state index contributed by atoms with van der Waals surface area (Å²) in [6.07, 6.45) is 0.412. The molecule has 0 heterocycles. The summed E-state index contributed by atoms with van der Waals surface area (Å²) < 4.78 is 5.12. The highest BCUT2D eigenvalue weighted by Crippen LogP contribution is 2.12. The average molecular weight is 256 g/mol. The molecule has 2 aromatic carbocycles. The quantitative estimate of drug-likeness (QED) is 0.825. The van der Waals surface area contributed by atoms with Crippen molar-refractivity contribution in [2.24, 2.45) is 0 Å². The number of nitrogens with one attached hydrogen (secondary N) is 2. The van der Waals surface area contributed by atoms with E-state index in [-0.39, 0.29) is 0 Å². The van der Waals surface area contributed by atoms with Gasteiger partial charge in [-0.1, -0.05) is 37.3 Å². The monoisotopic (exact) mass is 256 g/mol. The van der Waals surface area contributed by atoms with E-state index in [1.807, 2.05) is 42.5 Å². The van der Waals surface area contributed by atoms with E-state index < -0.39 is 6.09 Å². The number of hydrogen-bond acceptors (Lipinski definition) is 3. The Kier molecular flexibility index (Phi) is 4.39. The van der Waals surface area contributed by atoms with Crippen molar-refractivity contribution in [2.45, 2.75) is 13.3 Å². The molecule has 98 valence electrons. The molecule has 0 bridgehead atoms. The van der Waals surface area contributed by atoms with Gasteiger partial charge in [-0.3, -0.25) is 5.43 Å². The predicted octanol–water partition coefficient (Wildman–Crippen LogP) is 3.36. The molecule has 4 heteroatoms. The lowest BCUT2D eigenvalue weighted by Crippen LogP contribution is -2.32. The maximum atomic E-state index is 11.5. The summed E-state index contributed by atoms with van der Waals surface area (Å²) >= 11 is 0. The maximum absolute atomic E-state index is 11.5. The third-order valence-electron chi connectivity index (χ3n) is 2.62. The van der Waals surface area contributed by atoms with Crippen molar-refractivity contribution in [1.29, 1.82) is 0 Å². The number of hydrogen-bond donors (Lipinski definition) is 2. The molecule has 0 aliphatic rings. The lowest BCUT2D eigenvalue weighted by molar-refractivity contribution is 0.203. The molecule has 0 atom stereocenters. The van der Waals surface area contributed by atoms with Gasteiger partial charge in [-0.15, -0.1) is 0 Å². The smallest absolute Gasteiger partial charge is 0.409 e. The molecule has 0 radical (unpaired) electrons. The van der Waals surface area contributed by atoms with Crippen LogP contribution in [0.1, 0.15) is 12.5 Å². The molecule has 0 saturated carbocycles. The third-order valence-corrected chi connectivity index (χ3v) is 2.62. The molecule has 0 unspecified atom stereocenters. The number of carbonyl (C=O) groups excluding carboxylic acids is 1. The summed E-state index contributed by atoms with van der Waals surface area (Å²) in [5, 5.41) is 0. The second-order valence-electron chi connectivity index (χ2n) is 4.00. The Hall–Kier alpha value is -2.49. The van der Waals surface area contributed by atoms with Crippen molar-refractivity contribution in [1.82, 2.24) is 5.43 Å². The fraction of sp³-hybridized carbons (Fsp3) is 0.133. The van der Waals surface area contributed by atoms with Crippen LogP contribution in [0.2, 0.25) is 0 Å². The predicted molar refractivity (Wildman–Crippen MR) is 75.0 cm³/mol. The first-order chi connectivity index (χ1) is 9.28. The molecule has 4 nitrogen and oxygen atoms in total. The number of para-hydroxylation sites is 1. The Bertz CT molecular complexity index is 524. The highest BCUT2D eigenvalue weighted by Gasteiger charge is 2.03. The number of rotatable bonds is 4. The second-order valence-corrected chi connectivity index (χ2v) is 4.00. The lowest BCUT2D eigenvalue weighted by atomic mass is 10.2. The van der Waals surface area contributed by atoms with Gasteiger partial charge in [0.2, 0.25) is 0 Å². The topological polar surface area (TPSA) is 50.4 Å². The number of amides is 1. The fourth-order valence-corrected chi connectivity index (χ4v) is 1.57. The zero-order chi connectivity index (χ0) is 13.5. The summed E-state index contributed by atoms with van der Waals surface area (Å²) in [5.74, 6) is 0.518. The van der Waals surface area contributed by atoms with E-state index in [9.17, 15) is 4.79 Å². The van der Waals surface area contributed by atoms with Crippen LogP contribution in [0.15, 0.2) is 54.6 Å². The molecular formula is C15H16N2O2. The van der Waals surface area contributed by atoms with Gasteiger partial charge >= 0.3 is 6.09 Å². The van der Waals surface area contributed by atoms with Crippen LogP contribution in [-0.2, 0) is 6.42 Å². The minimum Gasteiger partial charge on any atom is -0.409 e. The number of hydrazine groups is 1. The maximum Gasteiger partial charge on any atom is 0.431 e. The van der Waals surface area contributed by atoms with Crippen molar-refractivity contribution < 1.29 is 9.53 Å². The summed E-state index contributed by atoms with van der Waals surface area (Å²) in [7, 11) is 0. The van der Waals surface area contributed by atoms with Crippen LogP contribution in [0.25, 0.3) is 0 Å². The van der Waals surface area contributed by atoms with Gasteiger partial charge in [0.1, 0.15) is 5.75 Å². The molecular weight excluding hydrogens is 240 g/mol. The highest BCUT2D eigenvalue weighted by atomic mass is 16.6. The number of anilines is 1. The Morgan fingerprint density at radius 3 is 2.37 bits per heavy atom. The van der Waals surface area contributed by atoms with Gasteiger partial charge in [0.15, 0.2) is 0 Å². The first kappa shape index (κ1) is 13.0. The molecule has 1 amide bonds. The van der Waals surface area contributed by atoms with Crippen LogP contribution in [0, 0.1) is 0 Å². The largest absolute Gasteiger partial charge is 0.431 e. The van der Waals surface area contributed by atoms with Crippen LogP contribution in [0.3, 0.4) is 0 Å². The molecule has 0 saturated heterocycles. The van der Waals surface area contributed by atoms with Crippen molar-refractivity contribution in [3.63, 3.8) is 0 Å². The van der Waals surface area contributed by atoms with Gasteiger partial charge in [0.05, 0.1) is 5.69 Å². The van der Waals surface area contributed by atoms with Crippen molar-refractivity contribution in [3.8, 4) is 5.75 Å². The SMILES string of the molecule is CCc1ccc(OC(=O)NNc2ccccc2)cc1. The summed E-state index contributed by atoms with van der Waals surface area (Å²) in [6, 6.07) is 16.8. The van der Waals surface area contributed by atoms with Gasteiger partial charge in [-0.2, -0.15) is 0 Å². The van der Waals surface area contributed by atoms with E-state index in [2.05, 4.69) is 17.8 Å². The minimum atomic E-state index is -0.548. The van der Waals surface area contributed by atoms with E-state index in [1.54, 1.807) is 12.1 Å². The van der Waals surface area contributed by atoms with Crippen LogP contribution >= 0.6 is 0 Å². The van der Waals surface area contributed by atoms with E-state index in [0.29, 0.717) is 5.75 Å². The summed E-state index contributed by atoms with van der Waals surface area (Å²) in [5.41, 5.74) is 7.22. The Morgan fingerprint density at radius 1 is 1.05 bits per heavy atom. The van der Waals surface area contributed by atoms with Crippen molar-refractivity contribution in [3.05, 3.63) is 60.2 Å². The highest BCUT2D eigenvalue weighted by molar-refractivity contribution is 5.72. The van der Waals surface area contributed by atoms with Gasteiger partial charge < -0.3 is 4.74 Å². The van der Waals surface area contributed by atoms with Gasteiger partial charge in [-0.05, 0) is 36.2 Å². The van der Waals surface area contributed by atoms with Crippen LogP contribution in [-0.4, -0.2) is 6.09 Å². The van der Waals surface area contributed by atoms with E-state index in [1.165, 1.54) is 5.56 Å². The number of benzene rings is 2. The van der Waals surface area contributed by atoms with Crippen LogP contribution in [0.5, 0.6) is 5.75 Å². The molecule has 2 rings (SSSR count). The zero-order valence-electron chi connectivity index (χ0n) is 10.7. The molecule has 19 heavy (non-hydrogen) atoms. The Morgan fingerprint density at radius 2 is 1.74 bits per heavy atom. The van der Waals surface area contributed by atoms with Crippen LogP contribution in [0.4, 0.5) is 10.5 Å². The second kappa shape index (κ2) is 6.44. The van der Waals surface area contributed by atoms with Crippen molar-refractivity contribution >= 4 is 11.8 Å². The zero-order valence-corrected chi connectivity index (χ0v) is 10.7. The van der Waals surface area contributed by atoms with Gasteiger partial charge in [-0.25, -0.2) is 10.2 Å². The summed E-state index contributed by atoms with van der Waals surface area (Å²) in [4.78, 5) is 11.5. The average Bonchev–Trinajstić information content (AvgIpc) is 2.47. The molecule has 0 spiro atoms. The number of carbonyl (C=O) groups is 1. The molecule has 0 aromatic heterocycles. The first-order valence-corrected chi connectivity index (χ1v) is 6.16.